The lowest BCUT2D eigenvalue weighted by Crippen LogP contribution is -2.58. The molecule has 1 aliphatic rings. The van der Waals surface area contributed by atoms with Gasteiger partial charge >= 0.3 is 0 Å². The van der Waals surface area contributed by atoms with E-state index in [1.807, 2.05) is 11.0 Å². The first-order valence-corrected chi connectivity index (χ1v) is 11.1. The third-order valence-electron chi connectivity index (χ3n) is 6.57. The second-order valence-corrected chi connectivity index (χ2v) is 8.79. The molecule has 2 aromatic carbocycles. The van der Waals surface area contributed by atoms with E-state index in [1.54, 1.807) is 18.2 Å². The van der Waals surface area contributed by atoms with E-state index in [0.717, 1.165) is 12.1 Å². The Bertz CT molecular complexity index is 1170. The molecule has 0 bridgehead atoms. The molecule has 2 heterocycles. The molecule has 3 aromatic rings. The number of rotatable bonds is 5. The van der Waals surface area contributed by atoms with E-state index in [0.29, 0.717) is 23.1 Å². The summed E-state index contributed by atoms with van der Waals surface area (Å²) in [7, 11) is 0. The first-order chi connectivity index (χ1) is 15.3. The molecule has 166 valence electrons. The quantitative estimate of drug-likeness (QED) is 0.485. The number of hydrogen-bond acceptors (Lipinski definition) is 4. The average molecular weight is 432 g/mol. The maximum atomic E-state index is 13.4. The Morgan fingerprint density at radius 3 is 2.41 bits per heavy atom. The highest BCUT2D eigenvalue weighted by molar-refractivity contribution is 6.45. The van der Waals surface area contributed by atoms with Crippen molar-refractivity contribution in [2.75, 3.05) is 13.1 Å². The van der Waals surface area contributed by atoms with E-state index in [-0.39, 0.29) is 24.0 Å². The van der Waals surface area contributed by atoms with Crippen LogP contribution in [0.25, 0.3) is 10.9 Å². The molecule has 1 aromatic heterocycles. The maximum Gasteiger partial charge on any atom is 0.254 e. The van der Waals surface area contributed by atoms with Crippen LogP contribution >= 0.6 is 0 Å². The largest absolute Gasteiger partial charge is 0.360 e. The SMILES string of the molecule is CC(=O)C(=O)c1c[nH]c2ccc(C(=O)N3CC(C)N(C(C)c4ccccc4)CC3C)cc12. The summed E-state index contributed by atoms with van der Waals surface area (Å²) in [4.78, 5) is 44.6. The number of benzene rings is 2. The molecule has 4 rings (SSSR count). The van der Waals surface area contributed by atoms with Crippen molar-refractivity contribution in [1.29, 1.82) is 0 Å². The van der Waals surface area contributed by atoms with Crippen LogP contribution in [0.4, 0.5) is 0 Å². The lowest BCUT2D eigenvalue weighted by Gasteiger charge is -2.46. The van der Waals surface area contributed by atoms with Gasteiger partial charge in [0.05, 0.1) is 5.56 Å². The van der Waals surface area contributed by atoms with Gasteiger partial charge in [-0.2, -0.15) is 0 Å². The molecule has 0 saturated carbocycles. The summed E-state index contributed by atoms with van der Waals surface area (Å²) in [6.45, 7) is 9.11. The number of carbonyl (C=O) groups is 3. The number of aromatic nitrogens is 1. The Balaban J connectivity index is 1.56. The standard InChI is InChI=1S/C26H29N3O3/c1-16-15-29(17(2)14-28(16)18(3)20-8-6-5-7-9-20)26(32)21-10-11-24-22(12-21)23(13-27-24)25(31)19(4)30/h5-13,16-18,27H,14-15H2,1-4H3. The third kappa shape index (κ3) is 3.98. The molecular formula is C26H29N3O3. The molecule has 1 aliphatic heterocycles. The van der Waals surface area contributed by atoms with Gasteiger partial charge in [0.1, 0.15) is 0 Å². The Labute approximate surface area is 188 Å². The van der Waals surface area contributed by atoms with Crippen molar-refractivity contribution in [3.8, 4) is 0 Å². The summed E-state index contributed by atoms with van der Waals surface area (Å²) in [6.07, 6.45) is 1.54. The minimum atomic E-state index is -0.550. The van der Waals surface area contributed by atoms with Gasteiger partial charge in [0.25, 0.3) is 5.91 Å². The number of nitrogens with one attached hydrogen (secondary N) is 1. The van der Waals surface area contributed by atoms with Gasteiger partial charge in [-0.3, -0.25) is 19.3 Å². The fourth-order valence-corrected chi connectivity index (χ4v) is 4.70. The van der Waals surface area contributed by atoms with Gasteiger partial charge in [-0.25, -0.2) is 0 Å². The van der Waals surface area contributed by atoms with E-state index in [1.165, 1.54) is 18.7 Å². The minimum absolute atomic E-state index is 0.0464. The van der Waals surface area contributed by atoms with Gasteiger partial charge in [0.15, 0.2) is 5.78 Å². The van der Waals surface area contributed by atoms with Gasteiger partial charge in [-0.15, -0.1) is 0 Å². The molecule has 3 atom stereocenters. The smallest absolute Gasteiger partial charge is 0.254 e. The molecule has 0 spiro atoms. The lowest BCUT2D eigenvalue weighted by atomic mass is 9.99. The van der Waals surface area contributed by atoms with Gasteiger partial charge in [0.2, 0.25) is 5.78 Å². The van der Waals surface area contributed by atoms with Crippen molar-refractivity contribution in [3.63, 3.8) is 0 Å². The molecule has 1 fully saturated rings. The number of carbonyl (C=O) groups excluding carboxylic acids is 3. The van der Waals surface area contributed by atoms with Gasteiger partial charge in [-0.05, 0) is 44.5 Å². The Morgan fingerprint density at radius 1 is 1.00 bits per heavy atom. The first-order valence-electron chi connectivity index (χ1n) is 11.1. The second kappa shape index (κ2) is 8.71. The topological polar surface area (TPSA) is 73.5 Å². The highest BCUT2D eigenvalue weighted by Crippen LogP contribution is 2.28. The third-order valence-corrected chi connectivity index (χ3v) is 6.57. The average Bonchev–Trinajstić information content (AvgIpc) is 3.22. The zero-order chi connectivity index (χ0) is 23.0. The van der Waals surface area contributed by atoms with Crippen LogP contribution in [0, 0.1) is 0 Å². The normalized spacial score (nSPS) is 20.3. The van der Waals surface area contributed by atoms with Crippen LogP contribution in [0.5, 0.6) is 0 Å². The Hall–Kier alpha value is -3.25. The predicted molar refractivity (Wildman–Crippen MR) is 125 cm³/mol. The molecule has 6 nitrogen and oxygen atoms in total. The highest BCUT2D eigenvalue weighted by Gasteiger charge is 2.35. The van der Waals surface area contributed by atoms with Crippen molar-refractivity contribution < 1.29 is 14.4 Å². The van der Waals surface area contributed by atoms with E-state index < -0.39 is 11.6 Å². The number of piperazine rings is 1. The Kier molecular flexibility index (Phi) is 5.98. The van der Waals surface area contributed by atoms with Crippen LogP contribution in [-0.4, -0.2) is 57.4 Å². The van der Waals surface area contributed by atoms with Crippen molar-refractivity contribution in [2.24, 2.45) is 0 Å². The predicted octanol–water partition coefficient (Wildman–Crippen LogP) is 4.24. The summed E-state index contributed by atoms with van der Waals surface area (Å²) in [5.74, 6) is -1.12. The van der Waals surface area contributed by atoms with Gasteiger partial charge < -0.3 is 9.88 Å². The number of hydrogen-bond donors (Lipinski definition) is 1. The summed E-state index contributed by atoms with van der Waals surface area (Å²) in [6, 6.07) is 16.2. The summed E-state index contributed by atoms with van der Waals surface area (Å²) in [5.41, 5.74) is 2.84. The molecular weight excluding hydrogens is 402 g/mol. The van der Waals surface area contributed by atoms with E-state index in [4.69, 9.17) is 0 Å². The molecule has 6 heteroatoms. The van der Waals surface area contributed by atoms with Gasteiger partial charge in [0, 0.05) is 60.8 Å². The highest BCUT2D eigenvalue weighted by atomic mass is 16.2. The lowest BCUT2D eigenvalue weighted by molar-refractivity contribution is -0.113. The zero-order valence-electron chi connectivity index (χ0n) is 19.0. The fraction of sp³-hybridized carbons (Fsp3) is 0.346. The van der Waals surface area contributed by atoms with Crippen LogP contribution < -0.4 is 0 Å². The molecule has 1 N–H and O–H groups in total. The number of Topliss-reactive ketones (excluding diaryl/α,β-unsaturated/α-hetero) is 2. The molecule has 0 aliphatic carbocycles. The van der Waals surface area contributed by atoms with Crippen LogP contribution in [0.1, 0.15) is 60.0 Å². The van der Waals surface area contributed by atoms with E-state index in [2.05, 4.69) is 54.9 Å². The second-order valence-electron chi connectivity index (χ2n) is 8.79. The number of ketones is 2. The van der Waals surface area contributed by atoms with Crippen molar-refractivity contribution in [1.82, 2.24) is 14.8 Å². The van der Waals surface area contributed by atoms with Crippen molar-refractivity contribution >= 4 is 28.4 Å². The van der Waals surface area contributed by atoms with Crippen LogP contribution in [-0.2, 0) is 4.79 Å². The zero-order valence-corrected chi connectivity index (χ0v) is 19.0. The van der Waals surface area contributed by atoms with Crippen LogP contribution in [0.3, 0.4) is 0 Å². The molecule has 1 amide bonds. The maximum absolute atomic E-state index is 13.4. The molecule has 32 heavy (non-hydrogen) atoms. The molecule has 1 saturated heterocycles. The summed E-state index contributed by atoms with van der Waals surface area (Å²) in [5, 5.41) is 0.605. The number of aromatic amines is 1. The number of nitrogens with zero attached hydrogens (tertiary/aromatic N) is 2. The van der Waals surface area contributed by atoms with Crippen molar-refractivity contribution in [3.05, 3.63) is 71.4 Å². The fourth-order valence-electron chi connectivity index (χ4n) is 4.70. The van der Waals surface area contributed by atoms with Crippen molar-refractivity contribution in [2.45, 2.75) is 45.8 Å². The molecule has 0 radical (unpaired) electrons. The van der Waals surface area contributed by atoms with E-state index in [9.17, 15) is 14.4 Å². The number of H-pyrrole nitrogens is 1. The summed E-state index contributed by atoms with van der Waals surface area (Å²) >= 11 is 0. The number of fused-ring (bicyclic) bond motifs is 1. The van der Waals surface area contributed by atoms with E-state index >= 15 is 0 Å². The first kappa shape index (κ1) is 22.0. The Morgan fingerprint density at radius 2 is 1.72 bits per heavy atom. The molecule has 3 unspecified atom stereocenters. The van der Waals surface area contributed by atoms with Crippen LogP contribution in [0.2, 0.25) is 0 Å². The van der Waals surface area contributed by atoms with Crippen LogP contribution in [0.15, 0.2) is 54.7 Å². The monoisotopic (exact) mass is 431 g/mol. The number of amides is 1. The summed E-state index contributed by atoms with van der Waals surface area (Å²) < 4.78 is 0. The van der Waals surface area contributed by atoms with Gasteiger partial charge in [-0.1, -0.05) is 30.3 Å². The minimum Gasteiger partial charge on any atom is -0.360 e.